The molecule has 0 radical (unpaired) electrons. The average molecular weight is 552 g/mol. The molecule has 1 aliphatic carbocycles. The van der Waals surface area contributed by atoms with E-state index in [-0.39, 0.29) is 22.1 Å². The second kappa shape index (κ2) is 9.11. The van der Waals surface area contributed by atoms with Crippen LogP contribution in [0, 0.1) is 11.7 Å². The predicted molar refractivity (Wildman–Crippen MR) is 173 cm³/mol. The molecule has 0 N–H and O–H groups in total. The highest BCUT2D eigenvalue weighted by Gasteiger charge is 2.42. The summed E-state index contributed by atoms with van der Waals surface area (Å²) in [4.78, 5) is 5.01. The molecule has 0 saturated carbocycles. The molecule has 0 amide bonds. The summed E-state index contributed by atoms with van der Waals surface area (Å²) in [5.41, 5.74) is 6.24. The number of nitrogens with zero attached hydrogens (tertiary/aromatic N) is 1. The van der Waals surface area contributed by atoms with Crippen LogP contribution in [0.4, 0.5) is 4.39 Å². The number of fused-ring (bicyclic) bond motifs is 6. The van der Waals surface area contributed by atoms with Crippen molar-refractivity contribution in [2.24, 2.45) is 5.92 Å². The van der Waals surface area contributed by atoms with Crippen molar-refractivity contribution in [1.29, 1.82) is 0 Å². The van der Waals surface area contributed by atoms with Crippen LogP contribution in [0.2, 0.25) is 0 Å². The van der Waals surface area contributed by atoms with Gasteiger partial charge in [-0.25, -0.2) is 4.39 Å². The summed E-state index contributed by atoms with van der Waals surface area (Å²) in [6, 6.07) is 15.5. The Labute approximate surface area is 242 Å². The first kappa shape index (κ1) is 27.4. The quantitative estimate of drug-likeness (QED) is 0.217. The smallest absolute Gasteiger partial charge is 0.131 e. The van der Waals surface area contributed by atoms with Crippen molar-refractivity contribution in [2.45, 2.75) is 97.8 Å². The number of pyridine rings is 1. The van der Waals surface area contributed by atoms with Gasteiger partial charge in [0.25, 0.3) is 0 Å². The Kier molecular flexibility index (Phi) is 6.24. The standard InChI is InChI=1S/C37H42FNS/c1-21(2)18-26-31(38)30-29(36(6,7)15-16-37(30,8)9)28-25-14-17-39-32(34(25)40-33(26)28)23-19-22-12-10-11-13-24(22)27(20-23)35(3,4)5/h10-14,17,19-21H,15-16,18H2,1-9H3. The van der Waals surface area contributed by atoms with E-state index in [2.05, 4.69) is 105 Å². The Morgan fingerprint density at radius 1 is 0.900 bits per heavy atom. The van der Waals surface area contributed by atoms with E-state index in [0.29, 0.717) is 5.92 Å². The van der Waals surface area contributed by atoms with Crippen molar-refractivity contribution in [2.75, 3.05) is 0 Å². The van der Waals surface area contributed by atoms with Crippen molar-refractivity contribution in [3.8, 4) is 11.3 Å². The molecule has 40 heavy (non-hydrogen) atoms. The molecule has 208 valence electrons. The molecule has 3 aromatic carbocycles. The third-order valence-electron chi connectivity index (χ3n) is 9.15. The van der Waals surface area contributed by atoms with Crippen LogP contribution >= 0.6 is 11.3 Å². The lowest BCUT2D eigenvalue weighted by Gasteiger charge is -2.43. The molecule has 5 aromatic rings. The van der Waals surface area contributed by atoms with Gasteiger partial charge < -0.3 is 0 Å². The largest absolute Gasteiger partial charge is 0.255 e. The monoisotopic (exact) mass is 551 g/mol. The van der Waals surface area contributed by atoms with Crippen molar-refractivity contribution < 1.29 is 4.39 Å². The molecule has 3 heteroatoms. The van der Waals surface area contributed by atoms with Gasteiger partial charge in [0.2, 0.25) is 0 Å². The van der Waals surface area contributed by atoms with Gasteiger partial charge in [0.15, 0.2) is 0 Å². The summed E-state index contributed by atoms with van der Waals surface area (Å²) >= 11 is 1.76. The Morgan fingerprint density at radius 2 is 1.57 bits per heavy atom. The third kappa shape index (κ3) is 4.19. The second-order valence-electron chi connectivity index (χ2n) is 14.7. The molecule has 2 heterocycles. The predicted octanol–water partition coefficient (Wildman–Crippen LogP) is 11.3. The summed E-state index contributed by atoms with van der Waals surface area (Å²) in [7, 11) is 0. The van der Waals surface area contributed by atoms with Gasteiger partial charge in [0.05, 0.1) is 10.4 Å². The Balaban J connectivity index is 1.76. The summed E-state index contributed by atoms with van der Waals surface area (Å²) < 4.78 is 19.1. The van der Waals surface area contributed by atoms with Crippen LogP contribution in [0.15, 0.2) is 48.7 Å². The van der Waals surface area contributed by atoms with Crippen molar-refractivity contribution in [3.05, 3.63) is 76.7 Å². The van der Waals surface area contributed by atoms with Gasteiger partial charge in [-0.3, -0.25) is 4.98 Å². The maximum atomic E-state index is 16.8. The van der Waals surface area contributed by atoms with Gasteiger partial charge in [-0.15, -0.1) is 11.3 Å². The number of halogens is 1. The number of rotatable bonds is 3. The van der Waals surface area contributed by atoms with E-state index < -0.39 is 0 Å². The molecular weight excluding hydrogens is 509 g/mol. The molecule has 0 atom stereocenters. The van der Waals surface area contributed by atoms with Gasteiger partial charge in [0, 0.05) is 32.8 Å². The SMILES string of the molecule is CC(C)Cc1c(F)c2c(c3c1sc1c(-c4cc(C(C)(C)C)c5ccccc5c4)nccc13)C(C)(C)CCC2(C)C. The number of thiophene rings is 1. The third-order valence-corrected chi connectivity index (χ3v) is 10.4. The van der Waals surface area contributed by atoms with Crippen LogP contribution < -0.4 is 0 Å². The molecule has 1 nitrogen and oxygen atoms in total. The number of hydrogen-bond donors (Lipinski definition) is 0. The van der Waals surface area contributed by atoms with Crippen LogP contribution in [0.5, 0.6) is 0 Å². The lowest BCUT2D eigenvalue weighted by molar-refractivity contribution is 0.321. The first-order valence-electron chi connectivity index (χ1n) is 14.8. The summed E-state index contributed by atoms with van der Waals surface area (Å²) in [6.07, 6.45) is 4.76. The summed E-state index contributed by atoms with van der Waals surface area (Å²) in [6.45, 7) is 20.3. The Morgan fingerprint density at radius 3 is 2.25 bits per heavy atom. The Hall–Kier alpha value is -2.78. The zero-order chi connectivity index (χ0) is 28.8. The highest BCUT2D eigenvalue weighted by atomic mass is 32.1. The van der Waals surface area contributed by atoms with Gasteiger partial charge >= 0.3 is 0 Å². The van der Waals surface area contributed by atoms with E-state index in [0.717, 1.165) is 46.3 Å². The summed E-state index contributed by atoms with van der Waals surface area (Å²) in [5.74, 6) is 0.406. The molecule has 0 fully saturated rings. The van der Waals surface area contributed by atoms with Crippen LogP contribution in [-0.4, -0.2) is 4.98 Å². The first-order valence-corrected chi connectivity index (χ1v) is 15.6. The fraction of sp³-hybridized carbons (Fsp3) is 0.432. The average Bonchev–Trinajstić information content (AvgIpc) is 3.26. The van der Waals surface area contributed by atoms with Gasteiger partial charge in [0.1, 0.15) is 5.82 Å². The number of hydrogen-bond acceptors (Lipinski definition) is 2. The van der Waals surface area contributed by atoms with Gasteiger partial charge in [-0.1, -0.05) is 86.6 Å². The van der Waals surface area contributed by atoms with Crippen molar-refractivity contribution >= 4 is 42.3 Å². The van der Waals surface area contributed by atoms with Gasteiger partial charge in [-0.2, -0.15) is 0 Å². The van der Waals surface area contributed by atoms with Crippen LogP contribution in [0.3, 0.4) is 0 Å². The maximum Gasteiger partial charge on any atom is 0.131 e. The molecule has 0 spiro atoms. The van der Waals surface area contributed by atoms with Crippen molar-refractivity contribution in [1.82, 2.24) is 4.98 Å². The molecule has 0 aliphatic heterocycles. The maximum absolute atomic E-state index is 16.8. The molecule has 1 aliphatic rings. The molecule has 0 saturated heterocycles. The first-order chi connectivity index (χ1) is 18.7. The van der Waals surface area contributed by atoms with E-state index in [1.807, 2.05) is 6.20 Å². The zero-order valence-corrected chi connectivity index (χ0v) is 26.4. The summed E-state index contributed by atoms with van der Waals surface area (Å²) in [5, 5.41) is 5.02. The van der Waals surface area contributed by atoms with E-state index in [4.69, 9.17) is 4.98 Å². The lowest BCUT2D eigenvalue weighted by Crippen LogP contribution is -2.35. The van der Waals surface area contributed by atoms with Crippen LogP contribution in [0.25, 0.3) is 42.2 Å². The topological polar surface area (TPSA) is 12.9 Å². The fourth-order valence-electron chi connectivity index (χ4n) is 7.02. The molecular formula is C37H42FNS. The fourth-order valence-corrected chi connectivity index (χ4v) is 8.38. The minimum Gasteiger partial charge on any atom is -0.255 e. The minimum atomic E-state index is -0.196. The molecule has 0 bridgehead atoms. The van der Waals surface area contributed by atoms with E-state index in [9.17, 15) is 0 Å². The molecule has 6 rings (SSSR count). The molecule has 2 aromatic heterocycles. The van der Waals surface area contributed by atoms with E-state index in [1.54, 1.807) is 11.3 Å². The number of aromatic nitrogens is 1. The number of benzene rings is 3. The lowest BCUT2D eigenvalue weighted by atomic mass is 9.61. The van der Waals surface area contributed by atoms with E-state index in [1.165, 1.54) is 37.4 Å². The molecule has 0 unspecified atom stereocenters. The van der Waals surface area contributed by atoms with Crippen molar-refractivity contribution in [3.63, 3.8) is 0 Å². The zero-order valence-electron chi connectivity index (χ0n) is 25.6. The normalized spacial score (nSPS) is 16.8. The van der Waals surface area contributed by atoms with Gasteiger partial charge in [-0.05, 0) is 87.1 Å². The Bertz CT molecular complexity index is 1800. The van der Waals surface area contributed by atoms with Crippen LogP contribution in [0.1, 0.15) is 97.4 Å². The van der Waals surface area contributed by atoms with E-state index >= 15 is 4.39 Å². The minimum absolute atomic E-state index is 0.00802. The highest BCUT2D eigenvalue weighted by molar-refractivity contribution is 7.26. The highest BCUT2D eigenvalue weighted by Crippen LogP contribution is 2.54. The second-order valence-corrected chi connectivity index (χ2v) is 15.8. The van der Waals surface area contributed by atoms with Crippen LogP contribution in [-0.2, 0) is 22.7 Å².